The number of nitrogens with zero attached hydrogens (tertiary/aromatic N) is 1. The van der Waals surface area contributed by atoms with Crippen molar-refractivity contribution in [3.63, 3.8) is 0 Å². The zero-order valence-electron chi connectivity index (χ0n) is 12.2. The van der Waals surface area contributed by atoms with E-state index in [-0.39, 0.29) is 0 Å². The Balaban J connectivity index is 1.55. The van der Waals surface area contributed by atoms with E-state index in [1.54, 1.807) is 7.11 Å². The average molecular weight is 323 g/mol. The van der Waals surface area contributed by atoms with Gasteiger partial charge in [-0.25, -0.2) is 4.98 Å². The number of benzene rings is 1. The van der Waals surface area contributed by atoms with E-state index in [0.717, 1.165) is 35.6 Å². The van der Waals surface area contributed by atoms with E-state index < -0.39 is 0 Å². The number of ether oxygens (including phenoxy) is 1. The number of thioether (sulfide) groups is 2. The molecule has 0 spiro atoms. The number of nitrogens with one attached hydrogen (secondary N) is 2. The summed E-state index contributed by atoms with van der Waals surface area (Å²) < 4.78 is 5.24. The summed E-state index contributed by atoms with van der Waals surface area (Å²) in [4.78, 5) is 8.01. The van der Waals surface area contributed by atoms with Gasteiger partial charge in [0.2, 0.25) is 0 Å². The van der Waals surface area contributed by atoms with Crippen molar-refractivity contribution in [2.24, 2.45) is 0 Å². The molecule has 0 unspecified atom stereocenters. The van der Waals surface area contributed by atoms with Gasteiger partial charge in [0.1, 0.15) is 11.6 Å². The SMILES string of the molecule is COc1ccc2nc(CCNC3CSCCSC3)[nH]c2c1. The summed E-state index contributed by atoms with van der Waals surface area (Å²) in [6.07, 6.45) is 0.933. The first kappa shape index (κ1) is 15.1. The molecule has 21 heavy (non-hydrogen) atoms. The Labute approximate surface area is 133 Å². The summed E-state index contributed by atoms with van der Waals surface area (Å²) in [5.74, 6) is 6.93. The van der Waals surface area contributed by atoms with Gasteiger partial charge < -0.3 is 15.0 Å². The summed E-state index contributed by atoms with van der Waals surface area (Å²) in [5.41, 5.74) is 2.05. The molecule has 1 saturated heterocycles. The van der Waals surface area contributed by atoms with Gasteiger partial charge in [0.25, 0.3) is 0 Å². The van der Waals surface area contributed by atoms with Crippen molar-refractivity contribution in [1.29, 1.82) is 0 Å². The Morgan fingerprint density at radius 3 is 2.90 bits per heavy atom. The highest BCUT2D eigenvalue weighted by Crippen LogP contribution is 2.19. The Bertz CT molecular complexity index is 579. The van der Waals surface area contributed by atoms with Crippen LogP contribution >= 0.6 is 23.5 Å². The van der Waals surface area contributed by atoms with Gasteiger partial charge in [0.05, 0.1) is 18.1 Å². The predicted molar refractivity (Wildman–Crippen MR) is 92.8 cm³/mol. The second-order valence-corrected chi connectivity index (χ2v) is 7.42. The molecule has 2 aromatic rings. The number of H-pyrrole nitrogens is 1. The molecule has 1 aromatic carbocycles. The van der Waals surface area contributed by atoms with Crippen LogP contribution in [0.2, 0.25) is 0 Å². The topological polar surface area (TPSA) is 49.9 Å². The predicted octanol–water partition coefficient (Wildman–Crippen LogP) is 2.55. The van der Waals surface area contributed by atoms with Crippen LogP contribution < -0.4 is 10.1 Å². The van der Waals surface area contributed by atoms with Crippen molar-refractivity contribution in [3.05, 3.63) is 24.0 Å². The number of rotatable bonds is 5. The number of imidazole rings is 1. The summed E-state index contributed by atoms with van der Waals surface area (Å²) in [6.45, 7) is 0.975. The summed E-state index contributed by atoms with van der Waals surface area (Å²) in [5, 5.41) is 3.65. The van der Waals surface area contributed by atoms with E-state index in [1.165, 1.54) is 23.0 Å². The number of aromatic nitrogens is 2. The molecule has 6 heteroatoms. The third-order valence-corrected chi connectivity index (χ3v) is 6.06. The van der Waals surface area contributed by atoms with Crippen molar-refractivity contribution in [3.8, 4) is 5.75 Å². The zero-order valence-corrected chi connectivity index (χ0v) is 13.9. The lowest BCUT2D eigenvalue weighted by atomic mass is 10.3. The molecule has 4 nitrogen and oxygen atoms in total. The standard InChI is InChI=1S/C15H21N3OS2/c1-19-12-2-3-13-14(8-12)18-15(17-13)4-5-16-11-9-20-6-7-21-10-11/h2-3,8,11,16H,4-7,9-10H2,1H3,(H,17,18). The second-order valence-electron chi connectivity index (χ2n) is 5.12. The third kappa shape index (κ3) is 4.08. The average Bonchev–Trinajstić information content (AvgIpc) is 2.72. The fourth-order valence-electron chi connectivity index (χ4n) is 2.42. The van der Waals surface area contributed by atoms with Crippen molar-refractivity contribution in [2.75, 3.05) is 36.7 Å². The molecule has 3 rings (SSSR count). The molecule has 1 aromatic heterocycles. The molecule has 0 amide bonds. The van der Waals surface area contributed by atoms with Crippen LogP contribution in [0.3, 0.4) is 0 Å². The fourth-order valence-corrected chi connectivity index (χ4v) is 4.88. The quantitative estimate of drug-likeness (QED) is 0.885. The van der Waals surface area contributed by atoms with Crippen LogP contribution in [-0.4, -0.2) is 52.7 Å². The fraction of sp³-hybridized carbons (Fsp3) is 0.533. The third-order valence-electron chi connectivity index (χ3n) is 3.54. The summed E-state index contributed by atoms with van der Waals surface area (Å²) >= 11 is 4.11. The van der Waals surface area contributed by atoms with Gasteiger partial charge in [-0.1, -0.05) is 0 Å². The maximum absolute atomic E-state index is 5.24. The van der Waals surface area contributed by atoms with Crippen LogP contribution in [0, 0.1) is 0 Å². The lowest BCUT2D eigenvalue weighted by Gasteiger charge is -2.14. The molecule has 1 aliphatic heterocycles. The maximum atomic E-state index is 5.24. The minimum atomic E-state index is 0.631. The van der Waals surface area contributed by atoms with E-state index >= 15 is 0 Å². The number of hydrogen-bond acceptors (Lipinski definition) is 5. The zero-order chi connectivity index (χ0) is 14.5. The smallest absolute Gasteiger partial charge is 0.121 e. The number of aromatic amines is 1. The molecule has 0 saturated carbocycles. The van der Waals surface area contributed by atoms with Crippen molar-refractivity contribution in [2.45, 2.75) is 12.5 Å². The molecule has 2 N–H and O–H groups in total. The van der Waals surface area contributed by atoms with Crippen LogP contribution in [-0.2, 0) is 6.42 Å². The van der Waals surface area contributed by atoms with Gasteiger partial charge in [-0.2, -0.15) is 23.5 Å². The molecule has 2 heterocycles. The monoisotopic (exact) mass is 323 g/mol. The molecule has 0 aliphatic carbocycles. The normalized spacial score (nSPS) is 17.0. The maximum Gasteiger partial charge on any atom is 0.121 e. The summed E-state index contributed by atoms with van der Waals surface area (Å²) in [6, 6.07) is 6.58. The van der Waals surface area contributed by atoms with Gasteiger partial charge in [-0.15, -0.1) is 0 Å². The minimum Gasteiger partial charge on any atom is -0.497 e. The van der Waals surface area contributed by atoms with Gasteiger partial charge in [0, 0.05) is 48.1 Å². The largest absolute Gasteiger partial charge is 0.497 e. The first-order chi connectivity index (χ1) is 10.3. The van der Waals surface area contributed by atoms with Gasteiger partial charge in [0.15, 0.2) is 0 Å². The first-order valence-electron chi connectivity index (χ1n) is 7.26. The first-order valence-corrected chi connectivity index (χ1v) is 9.57. The molecular formula is C15H21N3OS2. The minimum absolute atomic E-state index is 0.631. The van der Waals surface area contributed by atoms with Crippen LogP contribution in [0.15, 0.2) is 18.2 Å². The van der Waals surface area contributed by atoms with Gasteiger partial charge in [-0.3, -0.25) is 0 Å². The number of hydrogen-bond donors (Lipinski definition) is 2. The molecule has 0 bridgehead atoms. The van der Waals surface area contributed by atoms with E-state index in [0.29, 0.717) is 6.04 Å². The number of fused-ring (bicyclic) bond motifs is 1. The molecule has 1 fully saturated rings. The molecule has 0 radical (unpaired) electrons. The Hall–Kier alpha value is -0.850. The summed E-state index contributed by atoms with van der Waals surface area (Å²) in [7, 11) is 1.69. The molecular weight excluding hydrogens is 302 g/mol. The second kappa shape index (κ2) is 7.42. The van der Waals surface area contributed by atoms with Crippen molar-refractivity contribution < 1.29 is 4.74 Å². The van der Waals surface area contributed by atoms with Crippen molar-refractivity contribution >= 4 is 34.6 Å². The van der Waals surface area contributed by atoms with E-state index in [2.05, 4.69) is 38.8 Å². The highest BCUT2D eigenvalue weighted by Gasteiger charge is 2.12. The van der Waals surface area contributed by atoms with Crippen LogP contribution in [0.5, 0.6) is 5.75 Å². The van der Waals surface area contributed by atoms with Crippen LogP contribution in [0.25, 0.3) is 11.0 Å². The number of methoxy groups -OCH3 is 1. The van der Waals surface area contributed by atoms with Crippen molar-refractivity contribution in [1.82, 2.24) is 15.3 Å². The van der Waals surface area contributed by atoms with Gasteiger partial charge in [-0.05, 0) is 12.1 Å². The van der Waals surface area contributed by atoms with Gasteiger partial charge >= 0.3 is 0 Å². The van der Waals surface area contributed by atoms with E-state index in [1.807, 2.05) is 18.2 Å². The lowest BCUT2D eigenvalue weighted by molar-refractivity contribution is 0.415. The molecule has 1 aliphatic rings. The van der Waals surface area contributed by atoms with Crippen LogP contribution in [0.1, 0.15) is 5.82 Å². The highest BCUT2D eigenvalue weighted by atomic mass is 32.2. The van der Waals surface area contributed by atoms with Crippen LogP contribution in [0.4, 0.5) is 0 Å². The van der Waals surface area contributed by atoms with E-state index in [4.69, 9.17) is 4.74 Å². The van der Waals surface area contributed by atoms with E-state index in [9.17, 15) is 0 Å². The molecule has 114 valence electrons. The Kier molecular flexibility index (Phi) is 5.32. The lowest BCUT2D eigenvalue weighted by Crippen LogP contribution is -2.34. The Morgan fingerprint density at radius 1 is 1.33 bits per heavy atom. The Morgan fingerprint density at radius 2 is 2.14 bits per heavy atom. The molecule has 0 atom stereocenters. The highest BCUT2D eigenvalue weighted by molar-refractivity contribution is 8.03.